The first kappa shape index (κ1) is 13.9. The quantitative estimate of drug-likeness (QED) is 0.788. The number of hydrogen-bond donors (Lipinski definition) is 1. The van der Waals surface area contributed by atoms with Gasteiger partial charge >= 0.3 is 0 Å². The van der Waals surface area contributed by atoms with E-state index in [-0.39, 0.29) is 0 Å². The molecule has 1 aliphatic heterocycles. The fourth-order valence-corrected chi connectivity index (χ4v) is 2.40. The summed E-state index contributed by atoms with van der Waals surface area (Å²) in [6.45, 7) is 11.6. The van der Waals surface area contributed by atoms with E-state index in [0.29, 0.717) is 18.0 Å². The van der Waals surface area contributed by atoms with Crippen molar-refractivity contribution in [3.63, 3.8) is 0 Å². The van der Waals surface area contributed by atoms with Crippen molar-refractivity contribution in [1.29, 1.82) is 0 Å². The summed E-state index contributed by atoms with van der Waals surface area (Å²) in [6, 6.07) is 1.03. The van der Waals surface area contributed by atoms with E-state index in [2.05, 4.69) is 37.6 Å². The molecule has 0 aromatic carbocycles. The van der Waals surface area contributed by atoms with E-state index in [0.717, 1.165) is 13.0 Å². The molecule has 3 heteroatoms. The van der Waals surface area contributed by atoms with E-state index in [1.54, 1.807) is 0 Å². The van der Waals surface area contributed by atoms with Crippen LogP contribution < -0.4 is 5.73 Å². The summed E-state index contributed by atoms with van der Waals surface area (Å²) < 4.78 is 0. The van der Waals surface area contributed by atoms with Crippen LogP contribution in [0.1, 0.15) is 33.6 Å². The minimum atomic E-state index is 0.355. The number of likely N-dealkylation sites (N-methyl/N-ethyl adjacent to an activating group) is 1. The van der Waals surface area contributed by atoms with Crippen LogP contribution in [0.3, 0.4) is 0 Å². The predicted octanol–water partition coefficient (Wildman–Crippen LogP) is 1.39. The van der Waals surface area contributed by atoms with Crippen molar-refractivity contribution < 1.29 is 0 Å². The fraction of sp³-hybridized carbons (Fsp3) is 1.00. The highest BCUT2D eigenvalue weighted by Gasteiger charge is 2.20. The van der Waals surface area contributed by atoms with Crippen molar-refractivity contribution in [3.8, 4) is 0 Å². The molecule has 0 aliphatic carbocycles. The van der Waals surface area contributed by atoms with Gasteiger partial charge in [-0.2, -0.15) is 0 Å². The summed E-state index contributed by atoms with van der Waals surface area (Å²) in [5.74, 6) is 0.602. The Kier molecular flexibility index (Phi) is 5.73. The molecular weight excluding hydrogens is 198 g/mol. The van der Waals surface area contributed by atoms with Gasteiger partial charge in [0.05, 0.1) is 0 Å². The maximum Gasteiger partial charge on any atom is 0.0194 e. The molecule has 0 radical (unpaired) electrons. The monoisotopic (exact) mass is 227 g/mol. The van der Waals surface area contributed by atoms with Gasteiger partial charge in [0.2, 0.25) is 0 Å². The molecule has 1 heterocycles. The molecule has 2 N–H and O–H groups in total. The Hall–Kier alpha value is -0.120. The van der Waals surface area contributed by atoms with Crippen molar-refractivity contribution >= 4 is 0 Å². The van der Waals surface area contributed by atoms with Crippen LogP contribution >= 0.6 is 0 Å². The number of nitrogens with two attached hydrogens (primary N) is 1. The normalized spacial score (nSPS) is 27.0. The highest BCUT2D eigenvalue weighted by Crippen LogP contribution is 2.11. The molecule has 0 saturated carbocycles. The molecule has 16 heavy (non-hydrogen) atoms. The van der Waals surface area contributed by atoms with Crippen molar-refractivity contribution in [1.82, 2.24) is 9.80 Å². The number of rotatable bonds is 4. The Morgan fingerprint density at radius 3 is 2.62 bits per heavy atom. The van der Waals surface area contributed by atoms with E-state index >= 15 is 0 Å². The maximum absolute atomic E-state index is 6.11. The summed E-state index contributed by atoms with van der Waals surface area (Å²) in [6.07, 6.45) is 2.42. The standard InChI is InChI=1S/C13H29N3/c1-11(2)13(14)6-9-16-8-5-7-15(4)10-12(16)3/h11-13H,5-10,14H2,1-4H3. The van der Waals surface area contributed by atoms with Crippen LogP contribution in [0.15, 0.2) is 0 Å². The number of nitrogens with zero attached hydrogens (tertiary/aromatic N) is 2. The highest BCUT2D eigenvalue weighted by molar-refractivity contribution is 4.77. The van der Waals surface area contributed by atoms with Crippen LogP contribution in [0, 0.1) is 5.92 Å². The van der Waals surface area contributed by atoms with Crippen molar-refractivity contribution in [2.24, 2.45) is 11.7 Å². The summed E-state index contributed by atoms with van der Waals surface area (Å²) in [5, 5.41) is 0. The van der Waals surface area contributed by atoms with Crippen LogP contribution in [-0.4, -0.2) is 55.1 Å². The van der Waals surface area contributed by atoms with E-state index in [1.807, 2.05) is 0 Å². The van der Waals surface area contributed by atoms with Crippen molar-refractivity contribution in [2.45, 2.75) is 45.7 Å². The van der Waals surface area contributed by atoms with Gasteiger partial charge in [0.1, 0.15) is 0 Å². The minimum Gasteiger partial charge on any atom is -0.327 e. The molecule has 2 atom stereocenters. The van der Waals surface area contributed by atoms with Crippen molar-refractivity contribution in [2.75, 3.05) is 33.2 Å². The van der Waals surface area contributed by atoms with Gasteiger partial charge in [0.15, 0.2) is 0 Å². The molecule has 1 aliphatic rings. The summed E-state index contributed by atoms with van der Waals surface area (Å²) >= 11 is 0. The molecule has 1 saturated heterocycles. The molecular formula is C13H29N3. The average molecular weight is 227 g/mol. The first-order chi connectivity index (χ1) is 7.50. The van der Waals surface area contributed by atoms with Gasteiger partial charge < -0.3 is 10.6 Å². The van der Waals surface area contributed by atoms with Crippen LogP contribution in [0.4, 0.5) is 0 Å². The lowest BCUT2D eigenvalue weighted by Crippen LogP contribution is -2.41. The van der Waals surface area contributed by atoms with Crippen LogP contribution in [0.2, 0.25) is 0 Å². The maximum atomic E-state index is 6.11. The molecule has 0 bridgehead atoms. The van der Waals surface area contributed by atoms with Gasteiger partial charge in [0.25, 0.3) is 0 Å². The smallest absolute Gasteiger partial charge is 0.0194 e. The molecule has 3 nitrogen and oxygen atoms in total. The van der Waals surface area contributed by atoms with Gasteiger partial charge in [-0.3, -0.25) is 4.90 Å². The predicted molar refractivity (Wildman–Crippen MR) is 70.6 cm³/mol. The summed E-state index contributed by atoms with van der Waals surface area (Å²) in [7, 11) is 2.22. The van der Waals surface area contributed by atoms with Gasteiger partial charge in [-0.25, -0.2) is 0 Å². The van der Waals surface area contributed by atoms with Crippen LogP contribution in [0.5, 0.6) is 0 Å². The molecule has 1 fully saturated rings. The zero-order chi connectivity index (χ0) is 12.1. The largest absolute Gasteiger partial charge is 0.327 e. The topological polar surface area (TPSA) is 32.5 Å². The lowest BCUT2D eigenvalue weighted by molar-refractivity contribution is 0.192. The Morgan fingerprint density at radius 2 is 2.00 bits per heavy atom. The Morgan fingerprint density at radius 1 is 1.31 bits per heavy atom. The summed E-state index contributed by atoms with van der Waals surface area (Å²) in [5.41, 5.74) is 6.11. The fourth-order valence-electron chi connectivity index (χ4n) is 2.40. The van der Waals surface area contributed by atoms with E-state index in [1.165, 1.54) is 26.1 Å². The Bertz CT molecular complexity index is 194. The lowest BCUT2D eigenvalue weighted by atomic mass is 10.0. The zero-order valence-corrected chi connectivity index (χ0v) is 11.4. The minimum absolute atomic E-state index is 0.355. The van der Waals surface area contributed by atoms with Crippen LogP contribution in [-0.2, 0) is 0 Å². The molecule has 0 aromatic rings. The molecule has 96 valence electrons. The second-order valence-corrected chi connectivity index (χ2v) is 5.70. The summed E-state index contributed by atoms with van der Waals surface area (Å²) in [4.78, 5) is 5.04. The van der Waals surface area contributed by atoms with Crippen molar-refractivity contribution in [3.05, 3.63) is 0 Å². The Balaban J connectivity index is 2.34. The second-order valence-electron chi connectivity index (χ2n) is 5.70. The number of hydrogen-bond acceptors (Lipinski definition) is 3. The molecule has 0 amide bonds. The third-order valence-electron chi connectivity index (χ3n) is 3.79. The van der Waals surface area contributed by atoms with E-state index in [4.69, 9.17) is 5.73 Å². The van der Waals surface area contributed by atoms with E-state index < -0.39 is 0 Å². The molecule has 2 unspecified atom stereocenters. The molecule has 0 spiro atoms. The third-order valence-corrected chi connectivity index (χ3v) is 3.79. The van der Waals surface area contributed by atoms with Gasteiger partial charge in [-0.1, -0.05) is 13.8 Å². The average Bonchev–Trinajstić information content (AvgIpc) is 2.36. The van der Waals surface area contributed by atoms with Gasteiger partial charge in [0, 0.05) is 18.6 Å². The first-order valence-electron chi connectivity index (χ1n) is 6.69. The lowest BCUT2D eigenvalue weighted by Gasteiger charge is -2.29. The highest BCUT2D eigenvalue weighted by atomic mass is 15.2. The first-order valence-corrected chi connectivity index (χ1v) is 6.69. The van der Waals surface area contributed by atoms with Crippen LogP contribution in [0.25, 0.3) is 0 Å². The SMILES string of the molecule is CC(C)C(N)CCN1CCCN(C)CC1C. The third kappa shape index (κ3) is 4.40. The van der Waals surface area contributed by atoms with Gasteiger partial charge in [-0.15, -0.1) is 0 Å². The van der Waals surface area contributed by atoms with E-state index in [9.17, 15) is 0 Å². The second kappa shape index (κ2) is 6.58. The van der Waals surface area contributed by atoms with Gasteiger partial charge in [-0.05, 0) is 52.4 Å². The molecule has 1 rings (SSSR count). The molecule has 0 aromatic heterocycles. The zero-order valence-electron chi connectivity index (χ0n) is 11.4. The Labute approximate surface area is 101 Å².